The standard InChI is InChI=1S/C25H33ClN2O4/c26-22-4-2-6-24(18-22)32-20-25(29)7-9-28(10-8-25)19-21-3-1-5-23(17-21)31-16-13-27-11-14-30-15-12-27/h1-6,17-18,29H,7-16,19-20H2. The van der Waals surface area contributed by atoms with Crippen LogP contribution in [0.1, 0.15) is 18.4 Å². The summed E-state index contributed by atoms with van der Waals surface area (Å²) in [6, 6.07) is 15.6. The Morgan fingerprint density at radius 3 is 2.38 bits per heavy atom. The molecule has 7 heteroatoms. The zero-order valence-electron chi connectivity index (χ0n) is 18.5. The summed E-state index contributed by atoms with van der Waals surface area (Å²) in [5.74, 6) is 1.61. The van der Waals surface area contributed by atoms with E-state index in [1.807, 2.05) is 24.3 Å². The summed E-state index contributed by atoms with van der Waals surface area (Å²) in [7, 11) is 0. The summed E-state index contributed by atoms with van der Waals surface area (Å²) in [4.78, 5) is 4.75. The van der Waals surface area contributed by atoms with Crippen LogP contribution in [0.3, 0.4) is 0 Å². The minimum Gasteiger partial charge on any atom is -0.492 e. The molecule has 2 aromatic carbocycles. The monoisotopic (exact) mass is 460 g/mol. The highest BCUT2D eigenvalue weighted by molar-refractivity contribution is 6.30. The van der Waals surface area contributed by atoms with E-state index >= 15 is 0 Å². The fourth-order valence-corrected chi connectivity index (χ4v) is 4.34. The fourth-order valence-electron chi connectivity index (χ4n) is 4.16. The van der Waals surface area contributed by atoms with Crippen molar-refractivity contribution in [2.24, 2.45) is 0 Å². The summed E-state index contributed by atoms with van der Waals surface area (Å²) in [5, 5.41) is 11.6. The second-order valence-electron chi connectivity index (χ2n) is 8.70. The number of aliphatic hydroxyl groups is 1. The first kappa shape index (κ1) is 23.3. The largest absolute Gasteiger partial charge is 0.492 e. The van der Waals surface area contributed by atoms with Crippen molar-refractivity contribution in [1.29, 1.82) is 0 Å². The third-order valence-corrected chi connectivity index (χ3v) is 6.41. The Hall–Kier alpha value is -1.83. The van der Waals surface area contributed by atoms with Gasteiger partial charge in [0.05, 0.1) is 13.2 Å². The van der Waals surface area contributed by atoms with Gasteiger partial charge in [-0.15, -0.1) is 0 Å². The van der Waals surface area contributed by atoms with Crippen molar-refractivity contribution >= 4 is 11.6 Å². The van der Waals surface area contributed by atoms with Gasteiger partial charge in [-0.05, 0) is 48.7 Å². The average molecular weight is 461 g/mol. The van der Waals surface area contributed by atoms with Crippen LogP contribution >= 0.6 is 11.6 Å². The van der Waals surface area contributed by atoms with Crippen LogP contribution in [0.5, 0.6) is 11.5 Å². The topological polar surface area (TPSA) is 54.4 Å². The van der Waals surface area contributed by atoms with Gasteiger partial charge in [0, 0.05) is 44.3 Å². The number of halogens is 1. The minimum atomic E-state index is -0.802. The molecule has 2 aliphatic rings. The van der Waals surface area contributed by atoms with Crippen molar-refractivity contribution in [3.05, 3.63) is 59.1 Å². The van der Waals surface area contributed by atoms with Crippen molar-refractivity contribution in [2.45, 2.75) is 25.0 Å². The number of morpholine rings is 1. The number of benzene rings is 2. The molecule has 6 nitrogen and oxygen atoms in total. The highest BCUT2D eigenvalue weighted by Gasteiger charge is 2.33. The molecule has 2 heterocycles. The Morgan fingerprint density at radius 1 is 0.906 bits per heavy atom. The van der Waals surface area contributed by atoms with E-state index in [0.717, 1.165) is 58.2 Å². The van der Waals surface area contributed by atoms with Crippen molar-refractivity contribution < 1.29 is 19.3 Å². The molecule has 0 radical (unpaired) electrons. The van der Waals surface area contributed by atoms with Crippen molar-refractivity contribution in [1.82, 2.24) is 9.80 Å². The van der Waals surface area contributed by atoms with Gasteiger partial charge in [-0.25, -0.2) is 0 Å². The number of rotatable bonds is 9. The van der Waals surface area contributed by atoms with Crippen LogP contribution in [0.2, 0.25) is 5.02 Å². The maximum atomic E-state index is 10.9. The smallest absolute Gasteiger partial charge is 0.120 e. The molecule has 174 valence electrons. The quantitative estimate of drug-likeness (QED) is 0.618. The molecule has 1 N–H and O–H groups in total. The molecule has 0 aromatic heterocycles. The number of likely N-dealkylation sites (tertiary alicyclic amines) is 1. The van der Waals surface area contributed by atoms with Crippen LogP contribution in [0, 0.1) is 0 Å². The normalized spacial score (nSPS) is 19.6. The summed E-state index contributed by atoms with van der Waals surface area (Å²) in [5.41, 5.74) is 0.429. The summed E-state index contributed by atoms with van der Waals surface area (Å²) in [6.07, 6.45) is 1.37. The Morgan fingerprint density at radius 2 is 1.62 bits per heavy atom. The number of hydrogen-bond donors (Lipinski definition) is 1. The molecule has 0 bridgehead atoms. The molecular weight excluding hydrogens is 428 g/mol. The molecule has 0 aliphatic carbocycles. The average Bonchev–Trinajstić information content (AvgIpc) is 2.81. The molecule has 2 saturated heterocycles. The van der Waals surface area contributed by atoms with Crippen LogP contribution in [0.4, 0.5) is 0 Å². The lowest BCUT2D eigenvalue weighted by molar-refractivity contribution is -0.0537. The van der Waals surface area contributed by atoms with Gasteiger partial charge in [0.25, 0.3) is 0 Å². The molecule has 0 atom stereocenters. The summed E-state index contributed by atoms with van der Waals surface area (Å²) >= 11 is 6.01. The molecule has 0 unspecified atom stereocenters. The molecule has 0 spiro atoms. The van der Waals surface area contributed by atoms with Gasteiger partial charge in [-0.1, -0.05) is 29.8 Å². The van der Waals surface area contributed by atoms with E-state index in [4.69, 9.17) is 25.8 Å². The van der Waals surface area contributed by atoms with Crippen LogP contribution < -0.4 is 9.47 Å². The molecule has 2 fully saturated rings. The minimum absolute atomic E-state index is 0.285. The second kappa shape index (κ2) is 11.3. The highest BCUT2D eigenvalue weighted by atomic mass is 35.5. The molecule has 0 saturated carbocycles. The van der Waals surface area contributed by atoms with Gasteiger partial charge >= 0.3 is 0 Å². The third-order valence-electron chi connectivity index (χ3n) is 6.17. The SMILES string of the molecule is OC1(COc2cccc(Cl)c2)CCN(Cc2cccc(OCCN3CCOCC3)c2)CC1. The lowest BCUT2D eigenvalue weighted by atomic mass is 9.92. The summed E-state index contributed by atoms with van der Waals surface area (Å²) < 4.78 is 17.2. The van der Waals surface area contributed by atoms with Crippen LogP contribution in [0.25, 0.3) is 0 Å². The van der Waals surface area contributed by atoms with Gasteiger partial charge in [0.2, 0.25) is 0 Å². The van der Waals surface area contributed by atoms with Crippen molar-refractivity contribution in [2.75, 3.05) is 59.2 Å². The van der Waals surface area contributed by atoms with E-state index in [9.17, 15) is 5.11 Å². The Labute approximate surface area is 195 Å². The van der Waals surface area contributed by atoms with E-state index in [1.54, 1.807) is 6.07 Å². The molecule has 2 aliphatic heterocycles. The van der Waals surface area contributed by atoms with E-state index < -0.39 is 5.60 Å². The van der Waals surface area contributed by atoms with Gasteiger partial charge in [0.15, 0.2) is 0 Å². The van der Waals surface area contributed by atoms with E-state index in [2.05, 4.69) is 28.0 Å². The number of hydrogen-bond acceptors (Lipinski definition) is 6. The van der Waals surface area contributed by atoms with Gasteiger partial charge in [0.1, 0.15) is 30.3 Å². The predicted molar refractivity (Wildman–Crippen MR) is 126 cm³/mol. The first-order valence-electron chi connectivity index (χ1n) is 11.4. The first-order valence-corrected chi connectivity index (χ1v) is 11.8. The maximum absolute atomic E-state index is 10.9. The predicted octanol–water partition coefficient (Wildman–Crippen LogP) is 3.46. The number of nitrogens with zero attached hydrogens (tertiary/aromatic N) is 2. The highest BCUT2D eigenvalue weighted by Crippen LogP contribution is 2.26. The Balaban J connectivity index is 1.20. The zero-order valence-corrected chi connectivity index (χ0v) is 19.3. The van der Waals surface area contributed by atoms with E-state index in [0.29, 0.717) is 30.2 Å². The Bertz CT molecular complexity index is 851. The maximum Gasteiger partial charge on any atom is 0.120 e. The second-order valence-corrected chi connectivity index (χ2v) is 9.13. The molecule has 4 rings (SSSR count). The zero-order chi connectivity index (χ0) is 22.2. The Kier molecular flexibility index (Phi) is 8.27. The number of piperidine rings is 1. The molecule has 32 heavy (non-hydrogen) atoms. The number of ether oxygens (including phenoxy) is 3. The van der Waals surface area contributed by atoms with E-state index in [1.165, 1.54) is 5.56 Å². The molecule has 2 aromatic rings. The fraction of sp³-hybridized carbons (Fsp3) is 0.520. The summed E-state index contributed by atoms with van der Waals surface area (Å²) in [6.45, 7) is 8.00. The van der Waals surface area contributed by atoms with Crippen LogP contribution in [0.15, 0.2) is 48.5 Å². The molecule has 0 amide bonds. The van der Waals surface area contributed by atoms with E-state index in [-0.39, 0.29) is 6.61 Å². The van der Waals surface area contributed by atoms with Gasteiger partial charge in [-0.3, -0.25) is 9.80 Å². The van der Waals surface area contributed by atoms with Gasteiger partial charge < -0.3 is 19.3 Å². The molecular formula is C25H33ClN2O4. The lowest BCUT2D eigenvalue weighted by Crippen LogP contribution is -2.47. The lowest BCUT2D eigenvalue weighted by Gasteiger charge is -2.38. The van der Waals surface area contributed by atoms with Gasteiger partial charge in [-0.2, -0.15) is 0 Å². The van der Waals surface area contributed by atoms with Crippen molar-refractivity contribution in [3.63, 3.8) is 0 Å². The third kappa shape index (κ3) is 7.09. The first-order chi connectivity index (χ1) is 15.6. The van der Waals surface area contributed by atoms with Crippen LogP contribution in [-0.2, 0) is 11.3 Å². The van der Waals surface area contributed by atoms with Crippen LogP contribution in [-0.4, -0.2) is 79.7 Å². The van der Waals surface area contributed by atoms with Crippen molar-refractivity contribution in [3.8, 4) is 11.5 Å².